The van der Waals surface area contributed by atoms with Gasteiger partial charge in [0.15, 0.2) is 0 Å². The normalized spacial score (nSPS) is 21.3. The lowest BCUT2D eigenvalue weighted by Gasteiger charge is -2.32. The van der Waals surface area contributed by atoms with Crippen LogP contribution in [0.5, 0.6) is 0 Å². The molecule has 0 radical (unpaired) electrons. The fourth-order valence-electron chi connectivity index (χ4n) is 1.96. The van der Waals surface area contributed by atoms with E-state index in [2.05, 4.69) is 9.97 Å². The van der Waals surface area contributed by atoms with Crippen molar-refractivity contribution in [3.05, 3.63) is 23.8 Å². The van der Waals surface area contributed by atoms with E-state index < -0.39 is 18.3 Å². The average Bonchev–Trinajstić information content (AvgIpc) is 2.81. The number of imidazole rings is 1. The molecule has 0 unspecified atom stereocenters. The maximum absolute atomic E-state index is 8.16. The molecule has 0 aliphatic carbocycles. The highest BCUT2D eigenvalue weighted by molar-refractivity contribution is 6.84. The Morgan fingerprint density at radius 2 is 1.85 bits per heavy atom. The third kappa shape index (κ3) is 2.71. The van der Waals surface area contributed by atoms with Crippen LogP contribution in [0.1, 0.15) is 46.1 Å². The Morgan fingerprint density at radius 3 is 2.30 bits per heavy atom. The van der Waals surface area contributed by atoms with E-state index in [1.807, 2.05) is 47.7 Å². The minimum absolute atomic E-state index is 0.301. The van der Waals surface area contributed by atoms with Gasteiger partial charge in [0, 0.05) is 6.20 Å². The van der Waals surface area contributed by atoms with E-state index in [0.29, 0.717) is 5.61 Å². The molecule has 0 bridgehead atoms. The molecule has 2 N–H and O–H groups in total. The van der Waals surface area contributed by atoms with Gasteiger partial charge >= 0.3 is 7.12 Å². The van der Waals surface area contributed by atoms with Crippen LogP contribution in [0.4, 0.5) is 0 Å². The number of nitrogens with zero attached hydrogens (tertiary/aromatic N) is 1. The molecule has 0 spiro atoms. The van der Waals surface area contributed by atoms with Crippen molar-refractivity contribution in [2.24, 2.45) is 0 Å². The van der Waals surface area contributed by atoms with Crippen LogP contribution in [0.25, 0.3) is 5.57 Å². The first-order valence-electron chi connectivity index (χ1n) is 6.77. The Bertz CT molecular complexity index is 545. The van der Waals surface area contributed by atoms with Gasteiger partial charge in [-0.25, -0.2) is 4.98 Å². The molecule has 1 saturated heterocycles. The standard InChI is InChI=1S/C14H22BN3O2/c1-9(12-17-8-10(2)18-12)7-11(16)15-19-13(3,4)14(5,6)20-15/h7-8,16H,1-6H3,(H,17,18)/b9-7-,16-11?. The number of allylic oxidation sites excluding steroid dienone is 2. The first-order chi connectivity index (χ1) is 9.12. The lowest BCUT2D eigenvalue weighted by molar-refractivity contribution is 0.00578. The van der Waals surface area contributed by atoms with E-state index in [9.17, 15) is 0 Å². The Balaban J connectivity index is 2.14. The number of aromatic amines is 1. The van der Waals surface area contributed by atoms with Crippen LogP contribution in [0.3, 0.4) is 0 Å². The van der Waals surface area contributed by atoms with E-state index in [1.165, 1.54) is 0 Å². The van der Waals surface area contributed by atoms with Gasteiger partial charge in [-0.3, -0.25) is 0 Å². The molecule has 1 aliphatic rings. The van der Waals surface area contributed by atoms with Crippen molar-refractivity contribution in [1.29, 1.82) is 5.41 Å². The second-order valence-electron chi connectivity index (χ2n) is 6.26. The molecule has 0 saturated carbocycles. The highest BCUT2D eigenvalue weighted by atomic mass is 16.7. The summed E-state index contributed by atoms with van der Waals surface area (Å²) in [5, 5.41) is 8.16. The Morgan fingerprint density at radius 1 is 1.30 bits per heavy atom. The van der Waals surface area contributed by atoms with Crippen LogP contribution in [0.2, 0.25) is 0 Å². The molecule has 2 heterocycles. The van der Waals surface area contributed by atoms with Crippen LogP contribution in [-0.4, -0.2) is 33.9 Å². The average molecular weight is 275 g/mol. The molecule has 2 rings (SSSR count). The lowest BCUT2D eigenvalue weighted by Crippen LogP contribution is -2.41. The fourth-order valence-corrected chi connectivity index (χ4v) is 1.96. The van der Waals surface area contributed by atoms with Gasteiger partial charge in [0.1, 0.15) is 5.82 Å². The summed E-state index contributed by atoms with van der Waals surface area (Å²) in [4.78, 5) is 7.42. The van der Waals surface area contributed by atoms with E-state index >= 15 is 0 Å². The molecule has 0 aromatic carbocycles. The molecule has 20 heavy (non-hydrogen) atoms. The third-order valence-corrected chi connectivity index (χ3v) is 3.96. The molecule has 1 fully saturated rings. The van der Waals surface area contributed by atoms with Crippen molar-refractivity contribution >= 4 is 18.3 Å². The number of H-pyrrole nitrogens is 1. The van der Waals surface area contributed by atoms with Crippen LogP contribution in [0.15, 0.2) is 12.3 Å². The first kappa shape index (κ1) is 15.0. The first-order valence-corrected chi connectivity index (χ1v) is 6.77. The van der Waals surface area contributed by atoms with Crippen molar-refractivity contribution in [3.8, 4) is 0 Å². The number of nitrogens with one attached hydrogen (secondary N) is 2. The molecule has 6 heteroatoms. The number of aromatic nitrogens is 2. The Labute approximate surface area is 120 Å². The number of rotatable bonds is 3. The zero-order valence-electron chi connectivity index (χ0n) is 13.0. The summed E-state index contributed by atoms with van der Waals surface area (Å²) in [5.74, 6) is 0.767. The minimum Gasteiger partial charge on any atom is -0.398 e. The van der Waals surface area contributed by atoms with Gasteiger partial charge in [0.05, 0.1) is 22.5 Å². The summed E-state index contributed by atoms with van der Waals surface area (Å²) in [6, 6.07) is 0. The predicted octanol–water partition coefficient (Wildman–Crippen LogP) is 2.77. The van der Waals surface area contributed by atoms with Crippen molar-refractivity contribution in [2.75, 3.05) is 0 Å². The van der Waals surface area contributed by atoms with Gasteiger partial charge in [0.25, 0.3) is 0 Å². The summed E-state index contributed by atoms with van der Waals surface area (Å²) in [6.45, 7) is 11.8. The second kappa shape index (κ2) is 4.86. The molecule has 1 aromatic rings. The highest BCUT2D eigenvalue weighted by Crippen LogP contribution is 2.37. The maximum Gasteiger partial charge on any atom is 0.513 e. The molecule has 1 aliphatic heterocycles. The SMILES string of the molecule is C/C(=C/C(=N)B1OC(C)(C)C(C)(C)O1)c1nc(C)c[nH]1. The number of hydrogen-bond donors (Lipinski definition) is 2. The van der Waals surface area contributed by atoms with Gasteiger partial charge < -0.3 is 19.7 Å². The van der Waals surface area contributed by atoms with Crippen LogP contribution in [0, 0.1) is 12.3 Å². The summed E-state index contributed by atoms with van der Waals surface area (Å²) in [7, 11) is -0.633. The Hall–Kier alpha value is -1.40. The predicted molar refractivity (Wildman–Crippen MR) is 80.8 cm³/mol. The summed E-state index contributed by atoms with van der Waals surface area (Å²) in [5.41, 5.74) is 1.27. The molecular weight excluding hydrogens is 253 g/mol. The molecular formula is C14H22BN3O2. The van der Waals surface area contributed by atoms with Gasteiger partial charge in [0.2, 0.25) is 0 Å². The van der Waals surface area contributed by atoms with Crippen molar-refractivity contribution in [3.63, 3.8) is 0 Å². The number of aryl methyl sites for hydroxylation is 1. The largest absolute Gasteiger partial charge is 0.513 e. The van der Waals surface area contributed by atoms with Crippen LogP contribution >= 0.6 is 0 Å². The van der Waals surface area contributed by atoms with Crippen molar-refractivity contribution in [2.45, 2.75) is 52.7 Å². The van der Waals surface area contributed by atoms with Crippen molar-refractivity contribution in [1.82, 2.24) is 9.97 Å². The Kier molecular flexibility index (Phi) is 3.65. The van der Waals surface area contributed by atoms with E-state index in [0.717, 1.165) is 17.1 Å². The highest BCUT2D eigenvalue weighted by Gasteiger charge is 2.52. The van der Waals surface area contributed by atoms with Gasteiger partial charge in [-0.2, -0.15) is 0 Å². The topological polar surface area (TPSA) is 71.0 Å². The van der Waals surface area contributed by atoms with Crippen molar-refractivity contribution < 1.29 is 9.31 Å². The minimum atomic E-state index is -0.633. The molecule has 5 nitrogen and oxygen atoms in total. The molecule has 0 atom stereocenters. The van der Waals surface area contributed by atoms with Crippen LogP contribution < -0.4 is 0 Å². The van der Waals surface area contributed by atoms with Gasteiger partial charge in [-0.15, -0.1) is 0 Å². The third-order valence-electron chi connectivity index (χ3n) is 3.96. The summed E-state index contributed by atoms with van der Waals surface area (Å²) >= 11 is 0. The monoisotopic (exact) mass is 275 g/mol. The van der Waals surface area contributed by atoms with Gasteiger partial charge in [-0.1, -0.05) is 0 Å². The molecule has 1 aromatic heterocycles. The van der Waals surface area contributed by atoms with E-state index in [1.54, 1.807) is 6.08 Å². The lowest BCUT2D eigenvalue weighted by atomic mass is 9.81. The van der Waals surface area contributed by atoms with Gasteiger partial charge in [-0.05, 0) is 53.2 Å². The van der Waals surface area contributed by atoms with Crippen LogP contribution in [-0.2, 0) is 9.31 Å². The number of hydrogen-bond acceptors (Lipinski definition) is 4. The maximum atomic E-state index is 8.16. The fraction of sp³-hybridized carbons (Fsp3) is 0.571. The summed E-state index contributed by atoms with van der Waals surface area (Å²) < 4.78 is 11.7. The quantitative estimate of drug-likeness (QED) is 0.658. The zero-order valence-corrected chi connectivity index (χ0v) is 13.0. The molecule has 108 valence electrons. The van der Waals surface area contributed by atoms with E-state index in [-0.39, 0.29) is 0 Å². The second-order valence-corrected chi connectivity index (χ2v) is 6.26. The smallest absolute Gasteiger partial charge is 0.398 e. The molecule has 0 amide bonds. The summed E-state index contributed by atoms with van der Waals surface area (Å²) in [6.07, 6.45) is 3.57. The van der Waals surface area contributed by atoms with E-state index in [4.69, 9.17) is 14.7 Å². The zero-order chi connectivity index (χ0) is 15.1.